The molecule has 0 radical (unpaired) electrons. The molecule has 7 nitrogen and oxygen atoms in total. The summed E-state index contributed by atoms with van der Waals surface area (Å²) in [6, 6.07) is 0. The van der Waals surface area contributed by atoms with Gasteiger partial charge in [-0.05, 0) is 20.3 Å². The Morgan fingerprint density at radius 3 is 2.52 bits per heavy atom. The van der Waals surface area contributed by atoms with Crippen LogP contribution in [0.3, 0.4) is 0 Å². The van der Waals surface area contributed by atoms with Crippen molar-refractivity contribution in [2.75, 3.05) is 20.2 Å². The van der Waals surface area contributed by atoms with Gasteiger partial charge < -0.3 is 14.6 Å². The molecular formula is C14H21N3O4. The third-order valence-electron chi connectivity index (χ3n) is 3.17. The number of ether oxygens (including phenoxy) is 1. The Kier molecular flexibility index (Phi) is 6.08. The molecular weight excluding hydrogens is 274 g/mol. The first-order valence-electron chi connectivity index (χ1n) is 6.80. The van der Waals surface area contributed by atoms with E-state index in [1.165, 1.54) is 12.0 Å². The highest BCUT2D eigenvalue weighted by Crippen LogP contribution is 2.10. The Morgan fingerprint density at radius 1 is 1.33 bits per heavy atom. The van der Waals surface area contributed by atoms with Crippen LogP contribution in [0.2, 0.25) is 0 Å². The van der Waals surface area contributed by atoms with Crippen LogP contribution in [-0.4, -0.2) is 46.9 Å². The standard InChI is InChI=1S/C14H21N3O4/c1-5-6-17(8-13(19)21-4)12(18)7-11-9(2)15-14(20)16-10(11)3/h5-8H2,1-4H3,(H,15,16,20). The largest absolute Gasteiger partial charge is 0.468 e. The van der Waals surface area contributed by atoms with Gasteiger partial charge in [-0.3, -0.25) is 9.59 Å². The zero-order valence-corrected chi connectivity index (χ0v) is 12.9. The number of aromatic amines is 1. The van der Waals surface area contributed by atoms with E-state index in [1.54, 1.807) is 13.8 Å². The molecule has 0 spiro atoms. The van der Waals surface area contributed by atoms with Gasteiger partial charge in [-0.2, -0.15) is 4.98 Å². The van der Waals surface area contributed by atoms with Crippen LogP contribution in [0.4, 0.5) is 0 Å². The summed E-state index contributed by atoms with van der Waals surface area (Å²) >= 11 is 0. The molecule has 0 aliphatic heterocycles. The maximum absolute atomic E-state index is 12.3. The summed E-state index contributed by atoms with van der Waals surface area (Å²) in [5, 5.41) is 0. The Hall–Kier alpha value is -2.18. The lowest BCUT2D eigenvalue weighted by atomic mass is 10.1. The number of carbonyl (C=O) groups is 2. The first-order valence-corrected chi connectivity index (χ1v) is 6.80. The maximum atomic E-state index is 12.3. The molecule has 1 aromatic rings. The van der Waals surface area contributed by atoms with E-state index in [0.717, 1.165) is 6.42 Å². The van der Waals surface area contributed by atoms with E-state index in [1.807, 2.05) is 6.92 Å². The van der Waals surface area contributed by atoms with Gasteiger partial charge in [0.1, 0.15) is 6.54 Å². The van der Waals surface area contributed by atoms with Gasteiger partial charge in [0.25, 0.3) is 0 Å². The van der Waals surface area contributed by atoms with Gasteiger partial charge in [-0.1, -0.05) is 6.92 Å². The molecule has 0 atom stereocenters. The highest BCUT2D eigenvalue weighted by molar-refractivity contribution is 5.83. The molecule has 116 valence electrons. The van der Waals surface area contributed by atoms with Gasteiger partial charge >= 0.3 is 11.7 Å². The highest BCUT2D eigenvalue weighted by atomic mass is 16.5. The number of hydrogen-bond acceptors (Lipinski definition) is 5. The molecule has 1 N–H and O–H groups in total. The molecule has 0 saturated heterocycles. The Morgan fingerprint density at radius 2 is 2.00 bits per heavy atom. The van der Waals surface area contributed by atoms with E-state index in [9.17, 15) is 14.4 Å². The second-order valence-electron chi connectivity index (χ2n) is 4.80. The van der Waals surface area contributed by atoms with Crippen LogP contribution in [0.1, 0.15) is 30.3 Å². The number of H-pyrrole nitrogens is 1. The highest BCUT2D eigenvalue weighted by Gasteiger charge is 2.19. The van der Waals surface area contributed by atoms with E-state index in [0.29, 0.717) is 23.5 Å². The summed E-state index contributed by atoms with van der Waals surface area (Å²) in [6.45, 7) is 5.74. The molecule has 1 amide bonds. The van der Waals surface area contributed by atoms with Crippen LogP contribution in [0.5, 0.6) is 0 Å². The van der Waals surface area contributed by atoms with Crippen LogP contribution >= 0.6 is 0 Å². The Labute approximate surface area is 123 Å². The van der Waals surface area contributed by atoms with Crippen molar-refractivity contribution in [1.29, 1.82) is 0 Å². The van der Waals surface area contributed by atoms with Crippen molar-refractivity contribution in [3.8, 4) is 0 Å². The normalized spacial score (nSPS) is 10.3. The van der Waals surface area contributed by atoms with Crippen molar-refractivity contribution in [2.45, 2.75) is 33.6 Å². The number of nitrogens with zero attached hydrogens (tertiary/aromatic N) is 2. The second-order valence-corrected chi connectivity index (χ2v) is 4.80. The summed E-state index contributed by atoms with van der Waals surface area (Å²) in [5.74, 6) is -0.646. The summed E-state index contributed by atoms with van der Waals surface area (Å²) in [7, 11) is 1.29. The van der Waals surface area contributed by atoms with Crippen LogP contribution in [0.15, 0.2) is 4.79 Å². The molecule has 0 aliphatic rings. The van der Waals surface area contributed by atoms with Crippen LogP contribution in [0.25, 0.3) is 0 Å². The third kappa shape index (κ3) is 4.70. The summed E-state index contributed by atoms with van der Waals surface area (Å²) < 4.78 is 4.60. The molecule has 0 unspecified atom stereocenters. The van der Waals surface area contributed by atoms with Gasteiger partial charge in [-0.25, -0.2) is 4.79 Å². The lowest BCUT2D eigenvalue weighted by Crippen LogP contribution is -2.38. The fourth-order valence-corrected chi connectivity index (χ4v) is 2.06. The molecule has 1 aromatic heterocycles. The first-order chi connectivity index (χ1) is 9.88. The molecule has 1 heterocycles. The van der Waals surface area contributed by atoms with E-state index < -0.39 is 11.7 Å². The van der Waals surface area contributed by atoms with E-state index in [2.05, 4.69) is 14.7 Å². The van der Waals surface area contributed by atoms with Crippen molar-refractivity contribution in [2.24, 2.45) is 0 Å². The number of aromatic nitrogens is 2. The molecule has 0 aromatic carbocycles. The lowest BCUT2D eigenvalue weighted by molar-refractivity contribution is -0.146. The number of carbonyl (C=O) groups excluding carboxylic acids is 2. The molecule has 1 rings (SSSR count). The average molecular weight is 295 g/mol. The minimum absolute atomic E-state index is 0.0714. The van der Waals surface area contributed by atoms with Crippen molar-refractivity contribution >= 4 is 11.9 Å². The molecule has 0 aliphatic carbocycles. The third-order valence-corrected chi connectivity index (χ3v) is 3.17. The monoisotopic (exact) mass is 295 g/mol. The number of methoxy groups -OCH3 is 1. The second kappa shape index (κ2) is 7.56. The summed E-state index contributed by atoms with van der Waals surface area (Å²) in [6.07, 6.45) is 0.836. The number of aryl methyl sites for hydroxylation is 2. The topological polar surface area (TPSA) is 92.4 Å². The van der Waals surface area contributed by atoms with Crippen molar-refractivity contribution in [3.63, 3.8) is 0 Å². The average Bonchev–Trinajstić information content (AvgIpc) is 2.41. The fourth-order valence-electron chi connectivity index (χ4n) is 2.06. The molecule has 21 heavy (non-hydrogen) atoms. The van der Waals surface area contributed by atoms with E-state index >= 15 is 0 Å². The lowest BCUT2D eigenvalue weighted by Gasteiger charge is -2.21. The van der Waals surface area contributed by atoms with Gasteiger partial charge in [0.15, 0.2) is 0 Å². The van der Waals surface area contributed by atoms with E-state index in [-0.39, 0.29) is 18.9 Å². The molecule has 0 bridgehead atoms. The molecule has 0 fully saturated rings. The van der Waals surface area contributed by atoms with Crippen molar-refractivity contribution < 1.29 is 14.3 Å². The summed E-state index contributed by atoms with van der Waals surface area (Å²) in [4.78, 5) is 42.8. The summed E-state index contributed by atoms with van der Waals surface area (Å²) in [5.41, 5.74) is 1.40. The number of rotatable bonds is 6. The van der Waals surface area contributed by atoms with Gasteiger partial charge in [0, 0.05) is 23.5 Å². The van der Waals surface area contributed by atoms with Crippen molar-refractivity contribution in [3.05, 3.63) is 27.4 Å². The SMILES string of the molecule is CCCN(CC(=O)OC)C(=O)Cc1c(C)nc(=O)[nH]c1C. The zero-order valence-electron chi connectivity index (χ0n) is 12.9. The minimum atomic E-state index is -0.454. The Bertz CT molecular complexity index is 554. The van der Waals surface area contributed by atoms with Crippen LogP contribution < -0.4 is 5.69 Å². The van der Waals surface area contributed by atoms with Gasteiger partial charge in [0.05, 0.1) is 13.5 Å². The molecule has 7 heteroatoms. The fraction of sp³-hybridized carbons (Fsp3) is 0.571. The quantitative estimate of drug-likeness (QED) is 0.764. The van der Waals surface area contributed by atoms with E-state index in [4.69, 9.17) is 0 Å². The maximum Gasteiger partial charge on any atom is 0.345 e. The zero-order chi connectivity index (χ0) is 16.0. The van der Waals surface area contributed by atoms with Crippen LogP contribution in [-0.2, 0) is 20.7 Å². The predicted octanol–water partition coefficient (Wildman–Crippen LogP) is 0.341. The molecule has 0 saturated carbocycles. The first kappa shape index (κ1) is 16.9. The minimum Gasteiger partial charge on any atom is -0.468 e. The number of amides is 1. The number of nitrogens with one attached hydrogen (secondary N) is 1. The van der Waals surface area contributed by atoms with Gasteiger partial charge in [-0.15, -0.1) is 0 Å². The number of esters is 1. The Balaban J connectivity index is 2.91. The predicted molar refractivity (Wildman–Crippen MR) is 76.9 cm³/mol. The smallest absolute Gasteiger partial charge is 0.345 e. The van der Waals surface area contributed by atoms with Crippen molar-refractivity contribution in [1.82, 2.24) is 14.9 Å². The number of hydrogen-bond donors (Lipinski definition) is 1. The van der Waals surface area contributed by atoms with Gasteiger partial charge in [0.2, 0.25) is 5.91 Å². The van der Waals surface area contributed by atoms with Crippen LogP contribution in [0, 0.1) is 13.8 Å².